The van der Waals surface area contributed by atoms with E-state index in [1.54, 1.807) is 7.11 Å². The number of benzene rings is 1. The Balaban J connectivity index is 1.83. The molecule has 0 amide bonds. The highest BCUT2D eigenvalue weighted by Gasteiger charge is 2.46. The van der Waals surface area contributed by atoms with E-state index in [1.165, 1.54) is 11.3 Å². The second-order valence-corrected chi connectivity index (χ2v) is 5.85. The normalized spacial score (nSPS) is 34.4. The molecular formula is C16H23NO2. The summed E-state index contributed by atoms with van der Waals surface area (Å²) in [6.45, 7) is 0. The van der Waals surface area contributed by atoms with Gasteiger partial charge in [-0.15, -0.1) is 0 Å². The molecule has 0 spiro atoms. The molecule has 1 aromatic rings. The molecule has 0 bridgehead atoms. The first-order valence-corrected chi connectivity index (χ1v) is 7.33. The Morgan fingerprint density at radius 1 is 1.26 bits per heavy atom. The molecule has 104 valence electrons. The Hall–Kier alpha value is -1.06. The minimum Gasteiger partial charge on any atom is -0.385 e. The Morgan fingerprint density at radius 2 is 2.11 bits per heavy atom. The predicted molar refractivity (Wildman–Crippen MR) is 76.4 cm³/mol. The third kappa shape index (κ3) is 2.26. The summed E-state index contributed by atoms with van der Waals surface area (Å²) >= 11 is 0. The third-order valence-corrected chi connectivity index (χ3v) is 4.79. The maximum atomic E-state index is 11.1. The third-order valence-electron chi connectivity index (χ3n) is 4.79. The first-order valence-electron chi connectivity index (χ1n) is 7.33. The van der Waals surface area contributed by atoms with Gasteiger partial charge in [-0.05, 0) is 37.3 Å². The van der Waals surface area contributed by atoms with Gasteiger partial charge < -0.3 is 15.2 Å². The molecule has 1 saturated carbocycles. The number of ether oxygens (including phenoxy) is 1. The highest BCUT2D eigenvalue weighted by Crippen LogP contribution is 2.38. The number of para-hydroxylation sites is 1. The fraction of sp³-hybridized carbons (Fsp3) is 0.625. The van der Waals surface area contributed by atoms with E-state index in [0.717, 1.165) is 38.5 Å². The summed E-state index contributed by atoms with van der Waals surface area (Å²) < 4.78 is 5.56. The summed E-state index contributed by atoms with van der Waals surface area (Å²) in [4.78, 5) is 0. The molecule has 1 heterocycles. The zero-order chi connectivity index (χ0) is 13.3. The monoisotopic (exact) mass is 261 g/mol. The van der Waals surface area contributed by atoms with Gasteiger partial charge in [0.15, 0.2) is 0 Å². The van der Waals surface area contributed by atoms with Crippen molar-refractivity contribution in [1.82, 2.24) is 0 Å². The van der Waals surface area contributed by atoms with Crippen LogP contribution < -0.4 is 5.32 Å². The lowest BCUT2D eigenvalue weighted by molar-refractivity contribution is -0.127. The van der Waals surface area contributed by atoms with Crippen LogP contribution in [0.3, 0.4) is 0 Å². The van der Waals surface area contributed by atoms with Crippen LogP contribution in [0.1, 0.15) is 37.7 Å². The van der Waals surface area contributed by atoms with Crippen molar-refractivity contribution in [2.45, 2.75) is 56.3 Å². The summed E-state index contributed by atoms with van der Waals surface area (Å²) in [6.07, 6.45) is 6.03. The first kappa shape index (κ1) is 12.9. The molecule has 1 aliphatic carbocycles. The van der Waals surface area contributed by atoms with E-state index in [4.69, 9.17) is 4.74 Å². The molecule has 3 rings (SSSR count). The highest BCUT2D eigenvalue weighted by molar-refractivity contribution is 5.54. The van der Waals surface area contributed by atoms with Crippen LogP contribution in [0, 0.1) is 0 Å². The minimum atomic E-state index is -0.722. The Kier molecular flexibility index (Phi) is 3.50. The summed E-state index contributed by atoms with van der Waals surface area (Å²) in [6, 6.07) is 8.50. The van der Waals surface area contributed by atoms with Crippen LogP contribution in [0.25, 0.3) is 0 Å². The number of nitrogens with one attached hydrogen (secondary N) is 1. The van der Waals surface area contributed by atoms with Gasteiger partial charge in [0.25, 0.3) is 0 Å². The molecule has 3 nitrogen and oxygen atoms in total. The highest BCUT2D eigenvalue weighted by atomic mass is 16.5. The van der Waals surface area contributed by atoms with Gasteiger partial charge in [0.2, 0.25) is 0 Å². The smallest absolute Gasteiger partial charge is 0.111 e. The van der Waals surface area contributed by atoms with Crippen molar-refractivity contribution in [2.75, 3.05) is 12.4 Å². The lowest BCUT2D eigenvalue weighted by Crippen LogP contribution is -2.58. The number of aliphatic hydroxyl groups is 1. The summed E-state index contributed by atoms with van der Waals surface area (Å²) in [5.41, 5.74) is 1.81. The molecule has 3 atom stereocenters. The van der Waals surface area contributed by atoms with E-state index in [0.29, 0.717) is 0 Å². The average Bonchev–Trinajstić information content (AvgIpc) is 2.47. The van der Waals surface area contributed by atoms with Gasteiger partial charge in [-0.1, -0.05) is 31.0 Å². The first-order chi connectivity index (χ1) is 9.24. The number of hydrogen-bond acceptors (Lipinski definition) is 3. The summed E-state index contributed by atoms with van der Waals surface area (Å²) in [5.74, 6) is 0. The van der Waals surface area contributed by atoms with E-state index in [9.17, 15) is 5.11 Å². The lowest BCUT2D eigenvalue weighted by atomic mass is 9.74. The van der Waals surface area contributed by atoms with Gasteiger partial charge in [-0.25, -0.2) is 0 Å². The van der Waals surface area contributed by atoms with E-state index in [-0.39, 0.29) is 12.1 Å². The van der Waals surface area contributed by atoms with Gasteiger partial charge in [0.05, 0.1) is 12.1 Å². The summed E-state index contributed by atoms with van der Waals surface area (Å²) in [7, 11) is 1.72. The lowest BCUT2D eigenvalue weighted by Gasteiger charge is -2.46. The topological polar surface area (TPSA) is 41.5 Å². The van der Waals surface area contributed by atoms with Crippen LogP contribution in [-0.2, 0) is 11.2 Å². The summed E-state index contributed by atoms with van der Waals surface area (Å²) in [5, 5.41) is 14.6. The van der Waals surface area contributed by atoms with Crippen molar-refractivity contribution in [3.8, 4) is 0 Å². The molecule has 0 aromatic heterocycles. The SMILES string of the molecule is COC1CCCCC1(O)C1CCc2ccccc2N1. The van der Waals surface area contributed by atoms with Gasteiger partial charge in [0, 0.05) is 12.8 Å². The van der Waals surface area contributed by atoms with E-state index in [1.807, 2.05) is 6.07 Å². The standard InChI is InChI=1S/C16H23NO2/c1-19-15-8-4-5-11-16(15,18)14-10-9-12-6-2-3-7-13(12)17-14/h2-3,6-7,14-15,17-18H,4-5,8-11H2,1H3. The number of aryl methyl sites for hydroxylation is 1. The van der Waals surface area contributed by atoms with Crippen LogP contribution >= 0.6 is 0 Å². The number of methoxy groups -OCH3 is 1. The maximum absolute atomic E-state index is 11.1. The van der Waals surface area contributed by atoms with E-state index >= 15 is 0 Å². The fourth-order valence-corrected chi connectivity index (χ4v) is 3.68. The largest absolute Gasteiger partial charge is 0.385 e. The van der Waals surface area contributed by atoms with Crippen LogP contribution in [0.4, 0.5) is 5.69 Å². The molecule has 2 aliphatic rings. The van der Waals surface area contributed by atoms with Crippen molar-refractivity contribution in [3.63, 3.8) is 0 Å². The van der Waals surface area contributed by atoms with E-state index in [2.05, 4.69) is 23.5 Å². The molecule has 1 aromatic carbocycles. The molecule has 3 heteroatoms. The van der Waals surface area contributed by atoms with Gasteiger partial charge in [-0.2, -0.15) is 0 Å². The van der Waals surface area contributed by atoms with Crippen LogP contribution in [0.5, 0.6) is 0 Å². The average molecular weight is 261 g/mol. The quantitative estimate of drug-likeness (QED) is 0.860. The number of fused-ring (bicyclic) bond motifs is 1. The zero-order valence-corrected chi connectivity index (χ0v) is 11.6. The Bertz CT molecular complexity index is 448. The van der Waals surface area contributed by atoms with Gasteiger partial charge in [-0.3, -0.25) is 0 Å². The molecule has 1 fully saturated rings. The number of anilines is 1. The Labute approximate surface area is 115 Å². The molecule has 2 N–H and O–H groups in total. The van der Waals surface area contributed by atoms with Crippen LogP contribution in [0.2, 0.25) is 0 Å². The van der Waals surface area contributed by atoms with E-state index < -0.39 is 5.60 Å². The Morgan fingerprint density at radius 3 is 2.95 bits per heavy atom. The zero-order valence-electron chi connectivity index (χ0n) is 11.6. The minimum absolute atomic E-state index is 0.0380. The van der Waals surface area contributed by atoms with Crippen molar-refractivity contribution >= 4 is 5.69 Å². The second kappa shape index (κ2) is 5.14. The predicted octanol–water partition coefficient (Wildman–Crippen LogP) is 2.73. The molecule has 1 aliphatic heterocycles. The van der Waals surface area contributed by atoms with Crippen molar-refractivity contribution in [1.29, 1.82) is 0 Å². The number of hydrogen-bond donors (Lipinski definition) is 2. The van der Waals surface area contributed by atoms with Crippen molar-refractivity contribution < 1.29 is 9.84 Å². The fourth-order valence-electron chi connectivity index (χ4n) is 3.68. The van der Waals surface area contributed by atoms with Gasteiger partial charge in [0.1, 0.15) is 5.60 Å². The van der Waals surface area contributed by atoms with Crippen molar-refractivity contribution in [3.05, 3.63) is 29.8 Å². The maximum Gasteiger partial charge on any atom is 0.111 e. The molecular weight excluding hydrogens is 238 g/mol. The number of rotatable bonds is 2. The van der Waals surface area contributed by atoms with Gasteiger partial charge >= 0.3 is 0 Å². The molecule has 0 saturated heterocycles. The molecule has 3 unspecified atom stereocenters. The second-order valence-electron chi connectivity index (χ2n) is 5.85. The van der Waals surface area contributed by atoms with Crippen LogP contribution in [-0.4, -0.2) is 30.0 Å². The molecule has 19 heavy (non-hydrogen) atoms. The molecule has 0 radical (unpaired) electrons. The van der Waals surface area contributed by atoms with Crippen LogP contribution in [0.15, 0.2) is 24.3 Å². The van der Waals surface area contributed by atoms with Crippen molar-refractivity contribution in [2.24, 2.45) is 0 Å².